The quantitative estimate of drug-likeness (QED) is 0.786. The number of aliphatic hydroxyl groups excluding tert-OH is 1. The highest BCUT2D eigenvalue weighted by atomic mass is 16.3. The summed E-state index contributed by atoms with van der Waals surface area (Å²) in [5.74, 6) is 0.0521. The molecule has 142 valence electrons. The summed E-state index contributed by atoms with van der Waals surface area (Å²) in [5.41, 5.74) is 6.95. The van der Waals surface area contributed by atoms with Gasteiger partial charge >= 0.3 is 0 Å². The summed E-state index contributed by atoms with van der Waals surface area (Å²) in [5, 5.41) is 9.05. The molecule has 2 heterocycles. The molecule has 0 aliphatic carbocycles. The molecule has 0 bridgehead atoms. The number of aliphatic hydroxyl groups is 1. The Bertz CT molecular complexity index is 626. The number of rotatable bonds is 6. The topological polar surface area (TPSA) is 86.9 Å². The van der Waals surface area contributed by atoms with Gasteiger partial charge in [0, 0.05) is 38.0 Å². The molecule has 6 heteroatoms. The van der Waals surface area contributed by atoms with E-state index in [4.69, 9.17) is 10.8 Å². The molecule has 1 atom stereocenters. The van der Waals surface area contributed by atoms with E-state index in [2.05, 4.69) is 12.1 Å². The van der Waals surface area contributed by atoms with E-state index in [0.29, 0.717) is 19.5 Å². The molecule has 0 unspecified atom stereocenters. The lowest BCUT2D eigenvalue weighted by Gasteiger charge is -2.39. The Kier molecular flexibility index (Phi) is 5.94. The van der Waals surface area contributed by atoms with Crippen LogP contribution in [0.2, 0.25) is 0 Å². The van der Waals surface area contributed by atoms with Crippen molar-refractivity contribution in [2.24, 2.45) is 11.1 Å². The minimum atomic E-state index is -0.830. The molecule has 2 fully saturated rings. The Morgan fingerprint density at radius 2 is 1.92 bits per heavy atom. The van der Waals surface area contributed by atoms with Crippen molar-refractivity contribution in [3.8, 4) is 0 Å². The van der Waals surface area contributed by atoms with Gasteiger partial charge in [-0.3, -0.25) is 9.59 Å². The van der Waals surface area contributed by atoms with E-state index in [-0.39, 0.29) is 23.8 Å². The van der Waals surface area contributed by atoms with Crippen molar-refractivity contribution in [2.75, 3.05) is 32.8 Å². The number of piperidine rings is 1. The number of hydrogen-bond acceptors (Lipinski definition) is 4. The number of aryl methyl sites for hydroxylation is 1. The normalized spacial score (nSPS) is 20.6. The van der Waals surface area contributed by atoms with E-state index in [1.807, 2.05) is 23.1 Å². The van der Waals surface area contributed by atoms with Gasteiger partial charge in [-0.05, 0) is 31.2 Å². The number of carbonyl (C=O) groups is 2. The minimum Gasteiger partial charge on any atom is -0.394 e. The predicted molar refractivity (Wildman–Crippen MR) is 99.3 cm³/mol. The molecule has 1 spiro atoms. The Morgan fingerprint density at radius 1 is 1.23 bits per heavy atom. The van der Waals surface area contributed by atoms with E-state index in [1.54, 1.807) is 4.90 Å². The van der Waals surface area contributed by atoms with Gasteiger partial charge in [0.05, 0.1) is 6.61 Å². The Balaban J connectivity index is 1.48. The van der Waals surface area contributed by atoms with E-state index in [9.17, 15) is 9.59 Å². The predicted octanol–water partition coefficient (Wildman–Crippen LogP) is 0.780. The van der Waals surface area contributed by atoms with Crippen molar-refractivity contribution in [1.29, 1.82) is 0 Å². The van der Waals surface area contributed by atoms with Crippen LogP contribution in [0, 0.1) is 5.41 Å². The Hall–Kier alpha value is -1.92. The maximum absolute atomic E-state index is 12.5. The second-order valence-corrected chi connectivity index (χ2v) is 7.70. The summed E-state index contributed by atoms with van der Waals surface area (Å²) >= 11 is 0. The van der Waals surface area contributed by atoms with Gasteiger partial charge in [-0.15, -0.1) is 0 Å². The van der Waals surface area contributed by atoms with Crippen LogP contribution in [0.25, 0.3) is 0 Å². The van der Waals surface area contributed by atoms with Gasteiger partial charge in [-0.25, -0.2) is 0 Å². The minimum absolute atomic E-state index is 0.00389. The molecule has 6 nitrogen and oxygen atoms in total. The maximum atomic E-state index is 12.5. The summed E-state index contributed by atoms with van der Waals surface area (Å²) in [4.78, 5) is 28.3. The zero-order chi connectivity index (χ0) is 18.6. The van der Waals surface area contributed by atoms with Gasteiger partial charge in [0.1, 0.15) is 6.04 Å². The Labute approximate surface area is 155 Å². The molecule has 1 aromatic carbocycles. The fraction of sp³-hybridized carbons (Fsp3) is 0.600. The summed E-state index contributed by atoms with van der Waals surface area (Å²) in [7, 11) is 0. The van der Waals surface area contributed by atoms with Crippen molar-refractivity contribution in [3.63, 3.8) is 0 Å². The monoisotopic (exact) mass is 359 g/mol. The van der Waals surface area contributed by atoms with E-state index < -0.39 is 6.04 Å². The molecule has 3 N–H and O–H groups in total. The zero-order valence-electron chi connectivity index (χ0n) is 15.3. The largest absolute Gasteiger partial charge is 0.394 e. The van der Waals surface area contributed by atoms with E-state index in [0.717, 1.165) is 38.8 Å². The van der Waals surface area contributed by atoms with Crippen LogP contribution in [0.3, 0.4) is 0 Å². The third kappa shape index (κ3) is 4.24. The summed E-state index contributed by atoms with van der Waals surface area (Å²) in [6, 6.07) is 9.52. The molecule has 3 rings (SSSR count). The number of nitrogens with zero attached hydrogens (tertiary/aromatic N) is 2. The smallest absolute Gasteiger partial charge is 0.241 e. The van der Waals surface area contributed by atoms with E-state index >= 15 is 0 Å². The number of benzene rings is 1. The molecule has 2 saturated heterocycles. The SMILES string of the molecule is N[C@@H](CO)C(=O)N1CCC2(CC1)CC(=O)N(CCCc1ccccc1)C2. The molecule has 2 aliphatic heterocycles. The van der Waals surface area contributed by atoms with Gasteiger partial charge in [0.25, 0.3) is 0 Å². The van der Waals surface area contributed by atoms with Crippen LogP contribution in [-0.4, -0.2) is 65.5 Å². The molecule has 0 saturated carbocycles. The van der Waals surface area contributed by atoms with Crippen molar-refractivity contribution < 1.29 is 14.7 Å². The molecular formula is C20H29N3O3. The van der Waals surface area contributed by atoms with Crippen molar-refractivity contribution in [2.45, 2.75) is 38.1 Å². The van der Waals surface area contributed by atoms with Gasteiger partial charge in [0.15, 0.2) is 0 Å². The van der Waals surface area contributed by atoms with Crippen LogP contribution >= 0.6 is 0 Å². The first-order chi connectivity index (χ1) is 12.5. The van der Waals surface area contributed by atoms with Crippen LogP contribution in [0.1, 0.15) is 31.2 Å². The van der Waals surface area contributed by atoms with Crippen molar-refractivity contribution in [3.05, 3.63) is 35.9 Å². The lowest BCUT2D eigenvalue weighted by Crippen LogP contribution is -2.51. The average molecular weight is 359 g/mol. The molecule has 1 aromatic rings. The first-order valence-corrected chi connectivity index (χ1v) is 9.50. The number of nitrogens with two attached hydrogens (primary N) is 1. The molecule has 2 amide bonds. The Morgan fingerprint density at radius 3 is 2.58 bits per heavy atom. The second kappa shape index (κ2) is 8.18. The van der Waals surface area contributed by atoms with E-state index in [1.165, 1.54) is 5.56 Å². The standard InChI is InChI=1S/C20H29N3O3/c21-17(14-24)19(26)22-11-8-20(9-12-22)13-18(25)23(15-20)10-4-7-16-5-2-1-3-6-16/h1-3,5-6,17,24H,4,7-15,21H2/t17-/m0/s1. The molecule has 0 radical (unpaired) electrons. The first kappa shape index (κ1) is 18.9. The highest BCUT2D eigenvalue weighted by Crippen LogP contribution is 2.41. The fourth-order valence-electron chi connectivity index (χ4n) is 4.15. The van der Waals surface area contributed by atoms with Crippen molar-refractivity contribution in [1.82, 2.24) is 9.80 Å². The van der Waals surface area contributed by atoms with Gasteiger partial charge in [-0.1, -0.05) is 30.3 Å². The third-order valence-electron chi connectivity index (χ3n) is 5.79. The van der Waals surface area contributed by atoms with Gasteiger partial charge in [-0.2, -0.15) is 0 Å². The van der Waals surface area contributed by atoms with Crippen LogP contribution in [-0.2, 0) is 16.0 Å². The van der Waals surface area contributed by atoms with Crippen LogP contribution in [0.5, 0.6) is 0 Å². The number of likely N-dealkylation sites (tertiary alicyclic amines) is 2. The fourth-order valence-corrected chi connectivity index (χ4v) is 4.15. The second-order valence-electron chi connectivity index (χ2n) is 7.70. The summed E-state index contributed by atoms with van der Waals surface area (Å²) in [6.45, 7) is 2.52. The van der Waals surface area contributed by atoms with Crippen molar-refractivity contribution >= 4 is 11.8 Å². The molecule has 26 heavy (non-hydrogen) atoms. The third-order valence-corrected chi connectivity index (χ3v) is 5.79. The lowest BCUT2D eigenvalue weighted by atomic mass is 9.77. The average Bonchev–Trinajstić information content (AvgIpc) is 2.97. The first-order valence-electron chi connectivity index (χ1n) is 9.50. The molecule has 2 aliphatic rings. The van der Waals surface area contributed by atoms with Gasteiger partial charge in [0.2, 0.25) is 11.8 Å². The maximum Gasteiger partial charge on any atom is 0.241 e. The number of hydrogen-bond donors (Lipinski definition) is 2. The van der Waals surface area contributed by atoms with Gasteiger partial charge < -0.3 is 20.6 Å². The number of amides is 2. The molecule has 0 aromatic heterocycles. The highest BCUT2D eigenvalue weighted by molar-refractivity contribution is 5.82. The van der Waals surface area contributed by atoms with Crippen LogP contribution in [0.15, 0.2) is 30.3 Å². The molecular weight excluding hydrogens is 330 g/mol. The summed E-state index contributed by atoms with van der Waals surface area (Å²) in [6.07, 6.45) is 4.21. The van der Waals surface area contributed by atoms with Crippen LogP contribution in [0.4, 0.5) is 0 Å². The highest BCUT2D eigenvalue weighted by Gasteiger charge is 2.45. The zero-order valence-corrected chi connectivity index (χ0v) is 15.3. The lowest BCUT2D eigenvalue weighted by molar-refractivity contribution is -0.135. The number of carbonyl (C=O) groups excluding carboxylic acids is 2. The summed E-state index contributed by atoms with van der Waals surface area (Å²) < 4.78 is 0. The van der Waals surface area contributed by atoms with Crippen LogP contribution < -0.4 is 5.73 Å².